The highest BCUT2D eigenvalue weighted by molar-refractivity contribution is 8.08. The second-order valence-corrected chi connectivity index (χ2v) is 14.3. The molecule has 232 valence electrons. The van der Waals surface area contributed by atoms with Crippen molar-refractivity contribution in [2.24, 2.45) is 11.7 Å². The lowest BCUT2D eigenvalue weighted by molar-refractivity contribution is -0.173. The van der Waals surface area contributed by atoms with E-state index in [9.17, 15) is 34.8 Å². The Hall–Kier alpha value is -0.940. The van der Waals surface area contributed by atoms with E-state index in [2.05, 4.69) is 18.7 Å². The minimum absolute atomic E-state index is 0.0823. The molecule has 2 saturated heterocycles. The smallest absolute Gasteiger partial charge is 0.394 e. The molecule has 11 N–H and O–H groups in total. The summed E-state index contributed by atoms with van der Waals surface area (Å²) in [5.74, 6) is -1.23. The number of phosphoric acid groups is 1. The van der Waals surface area contributed by atoms with Crippen LogP contribution in [0.5, 0.6) is 0 Å². The normalized spacial score (nSPS) is 36.5. The molecule has 4 rings (SSSR count). The third kappa shape index (κ3) is 7.24. The zero-order valence-electron chi connectivity index (χ0n) is 20.6. The molecular weight excluding hydrogens is 639 g/mol. The predicted molar refractivity (Wildman–Crippen MR) is 139 cm³/mol. The molecule has 18 nitrogen and oxygen atoms in total. The van der Waals surface area contributed by atoms with Crippen LogP contribution in [0.1, 0.15) is 11.0 Å². The highest BCUT2D eigenvalue weighted by Gasteiger charge is 2.48. The van der Waals surface area contributed by atoms with Gasteiger partial charge in [-0.25, -0.2) is 23.2 Å². The number of ether oxygens (including phenoxy) is 2. The van der Waals surface area contributed by atoms with Gasteiger partial charge in [-0.1, -0.05) is 0 Å². The molecular formula is C18H28FN5O13P2S2. The standard InChI is InChI=1S/C18H28FN5O13P2S2/c19-8-9(20)7(35-15(8)16-10-11(24-41-16)17(21)23-4-22-10)3-34-39(32,40)37-38(30,31)36-18-14(29)13(28)12(27)5(2-33-18)6(26)1-25/h4-9,12-15,18,25-29H,1-3,20H2,(H,30,31)(H,32,40)(H2,21,22,23)/t5?,6-,7+,8+,9+,12?,13?,14?,15+,18?,39?/m0/s1. The largest absolute Gasteiger partial charge is 0.481 e. The summed E-state index contributed by atoms with van der Waals surface area (Å²) in [6, 6.07) is -1.30. The van der Waals surface area contributed by atoms with Gasteiger partial charge in [-0.05, 0) is 23.3 Å². The maximum atomic E-state index is 15.1. The first-order valence-electron chi connectivity index (χ1n) is 11.7. The number of fused-ring (bicyclic) bond motifs is 1. The fourth-order valence-corrected chi connectivity index (χ4v) is 8.17. The second kappa shape index (κ2) is 13.0. The molecule has 41 heavy (non-hydrogen) atoms. The van der Waals surface area contributed by atoms with Gasteiger partial charge in [0.1, 0.15) is 47.9 Å². The molecule has 2 aliphatic rings. The highest BCUT2D eigenvalue weighted by Crippen LogP contribution is 2.61. The van der Waals surface area contributed by atoms with E-state index in [1.807, 2.05) is 0 Å². The lowest BCUT2D eigenvalue weighted by atomic mass is 9.92. The number of anilines is 1. The maximum Gasteiger partial charge on any atom is 0.481 e. The van der Waals surface area contributed by atoms with Crippen molar-refractivity contribution in [2.75, 3.05) is 25.6 Å². The fourth-order valence-electron chi connectivity index (χ4n) is 4.16. The molecule has 12 atom stereocenters. The number of nitrogen functional groups attached to an aromatic ring is 1. The van der Waals surface area contributed by atoms with Crippen LogP contribution in [-0.2, 0) is 39.2 Å². The lowest BCUT2D eigenvalue weighted by Crippen LogP contribution is -2.47. The number of rotatable bonds is 10. The van der Waals surface area contributed by atoms with Crippen molar-refractivity contribution < 1.29 is 67.1 Å². The van der Waals surface area contributed by atoms with Crippen LogP contribution in [0.25, 0.3) is 11.0 Å². The van der Waals surface area contributed by atoms with Crippen molar-refractivity contribution in [3.8, 4) is 0 Å². The molecule has 0 bridgehead atoms. The number of aliphatic hydroxyl groups excluding tert-OH is 5. The molecule has 0 radical (unpaired) electrons. The molecule has 0 aromatic carbocycles. The van der Waals surface area contributed by atoms with E-state index >= 15 is 4.39 Å². The van der Waals surface area contributed by atoms with Crippen LogP contribution in [0.4, 0.5) is 10.2 Å². The summed E-state index contributed by atoms with van der Waals surface area (Å²) in [7, 11) is -5.41. The van der Waals surface area contributed by atoms with Crippen molar-refractivity contribution in [3.63, 3.8) is 0 Å². The zero-order chi connectivity index (χ0) is 30.3. The van der Waals surface area contributed by atoms with Crippen LogP contribution in [0.2, 0.25) is 0 Å². The van der Waals surface area contributed by atoms with Crippen LogP contribution in [-0.4, -0.2) is 119 Å². The van der Waals surface area contributed by atoms with Gasteiger partial charge in [0, 0.05) is 5.92 Å². The van der Waals surface area contributed by atoms with Crippen LogP contribution >= 0.6 is 26.1 Å². The van der Waals surface area contributed by atoms with E-state index in [0.717, 1.165) is 11.5 Å². The summed E-state index contributed by atoms with van der Waals surface area (Å²) in [6.07, 6.45) is -12.8. The van der Waals surface area contributed by atoms with Crippen LogP contribution in [0.15, 0.2) is 6.33 Å². The number of hydrogen-bond donors (Lipinski definition) is 9. The molecule has 7 unspecified atom stereocenters. The Morgan fingerprint density at radius 1 is 1.22 bits per heavy atom. The van der Waals surface area contributed by atoms with E-state index in [1.54, 1.807) is 0 Å². The van der Waals surface area contributed by atoms with Gasteiger partial charge in [0.25, 0.3) is 0 Å². The summed E-state index contributed by atoms with van der Waals surface area (Å²) >= 11 is 5.62. The number of phosphoric ester groups is 1. The number of hydrogen-bond acceptors (Lipinski definition) is 18. The fraction of sp³-hybridized carbons (Fsp3) is 0.722. The molecule has 2 aliphatic heterocycles. The number of aromatic nitrogens is 3. The lowest BCUT2D eigenvalue weighted by Gasteiger charge is -2.28. The van der Waals surface area contributed by atoms with Crippen LogP contribution in [0.3, 0.4) is 0 Å². The third-order valence-corrected chi connectivity index (χ3v) is 10.8. The van der Waals surface area contributed by atoms with Gasteiger partial charge in [0.05, 0.1) is 42.9 Å². The summed E-state index contributed by atoms with van der Waals surface area (Å²) in [5.41, 5.74) is 12.2. The first-order chi connectivity index (χ1) is 19.2. The first-order valence-corrected chi connectivity index (χ1v) is 16.6. The van der Waals surface area contributed by atoms with Crippen molar-refractivity contribution in [1.82, 2.24) is 14.3 Å². The average molecular weight is 668 g/mol. The van der Waals surface area contributed by atoms with Gasteiger partial charge in [-0.3, -0.25) is 4.52 Å². The molecule has 2 aromatic rings. The summed E-state index contributed by atoms with van der Waals surface area (Å²) < 4.78 is 56.8. The molecule has 2 aromatic heterocycles. The van der Waals surface area contributed by atoms with Gasteiger partial charge in [-0.2, -0.15) is 4.37 Å². The van der Waals surface area contributed by atoms with Gasteiger partial charge >= 0.3 is 14.5 Å². The molecule has 4 heterocycles. The summed E-state index contributed by atoms with van der Waals surface area (Å²) in [5, 5.41) is 49.4. The molecule has 23 heteroatoms. The predicted octanol–water partition coefficient (Wildman–Crippen LogP) is -2.45. The zero-order valence-corrected chi connectivity index (χ0v) is 24.1. The highest BCUT2D eigenvalue weighted by atomic mass is 32.5. The molecule has 2 fully saturated rings. The molecule has 0 amide bonds. The average Bonchev–Trinajstić information content (AvgIpc) is 3.43. The number of nitrogens with two attached hydrogens (primary N) is 2. The van der Waals surface area contributed by atoms with Gasteiger partial charge < -0.3 is 60.8 Å². The van der Waals surface area contributed by atoms with Crippen LogP contribution < -0.4 is 11.5 Å². The number of nitrogens with zero attached hydrogens (tertiary/aromatic N) is 3. The molecule has 0 saturated carbocycles. The quantitative estimate of drug-likeness (QED) is 0.119. The van der Waals surface area contributed by atoms with Crippen molar-refractivity contribution in [1.29, 1.82) is 0 Å². The van der Waals surface area contributed by atoms with Crippen molar-refractivity contribution in [2.45, 2.75) is 55.1 Å². The van der Waals surface area contributed by atoms with Crippen molar-refractivity contribution >= 4 is 54.7 Å². The number of halogens is 1. The van der Waals surface area contributed by atoms with E-state index in [4.69, 9.17) is 46.9 Å². The number of aliphatic hydroxyl groups is 5. The Labute approximate surface area is 239 Å². The summed E-state index contributed by atoms with van der Waals surface area (Å²) in [6.45, 7) is -6.78. The van der Waals surface area contributed by atoms with Gasteiger partial charge in [-0.15, -0.1) is 0 Å². The molecule has 0 spiro atoms. The van der Waals surface area contributed by atoms with Crippen LogP contribution in [0, 0.1) is 5.92 Å². The second-order valence-electron chi connectivity index (χ2n) is 9.13. The minimum atomic E-state index is -5.41. The van der Waals surface area contributed by atoms with E-state index in [-0.39, 0.29) is 21.7 Å². The van der Waals surface area contributed by atoms with Crippen molar-refractivity contribution in [3.05, 3.63) is 11.2 Å². The first kappa shape index (κ1) is 33.0. The minimum Gasteiger partial charge on any atom is -0.394 e. The Bertz CT molecular complexity index is 1320. The van der Waals surface area contributed by atoms with E-state index in [0.29, 0.717) is 0 Å². The Balaban J connectivity index is 1.37. The molecule has 0 aliphatic carbocycles. The Morgan fingerprint density at radius 2 is 1.93 bits per heavy atom. The monoisotopic (exact) mass is 667 g/mol. The number of alkyl halides is 1. The van der Waals surface area contributed by atoms with Gasteiger partial charge in [0.15, 0.2) is 12.1 Å². The third-order valence-electron chi connectivity index (χ3n) is 6.38. The Kier molecular flexibility index (Phi) is 10.4. The topological polar surface area (TPSA) is 296 Å². The Morgan fingerprint density at radius 3 is 2.61 bits per heavy atom. The van der Waals surface area contributed by atoms with E-state index < -0.39 is 95.4 Å². The maximum absolute atomic E-state index is 15.1. The SMILES string of the molecule is Nc1ncnc2c([C@@H]3O[C@H](COP(O)(=S)OP(=O)(O)OC4OCC([C@@H](O)CO)C(O)C(O)C4O)[C@@H](N)[C@H]3F)snc12. The van der Waals surface area contributed by atoms with Gasteiger partial charge in [0.2, 0.25) is 0 Å². The summed E-state index contributed by atoms with van der Waals surface area (Å²) in [4.78, 5) is 28.6. The van der Waals surface area contributed by atoms with E-state index in [1.165, 1.54) is 6.33 Å².